The molecule has 0 fully saturated rings. The Morgan fingerprint density at radius 3 is 0.931 bits per heavy atom. The van der Waals surface area contributed by atoms with Gasteiger partial charge in [0.15, 0.2) is 0 Å². The molecule has 2 aromatic heterocycles. The quantitative estimate of drug-likeness (QED) is 0.167. The first-order valence-electron chi connectivity index (χ1n) is 19.1. The molecule has 0 radical (unpaired) electrons. The van der Waals surface area contributed by atoms with E-state index in [1.807, 2.05) is 133 Å². The summed E-state index contributed by atoms with van der Waals surface area (Å²) in [5.74, 6) is 0. The summed E-state index contributed by atoms with van der Waals surface area (Å²) < 4.78 is 0. The van der Waals surface area contributed by atoms with Crippen molar-refractivity contribution in [1.82, 2.24) is 9.97 Å². The number of hydrogen-bond acceptors (Lipinski definition) is 6. The van der Waals surface area contributed by atoms with E-state index in [1.54, 1.807) is 0 Å². The smallest absolute Gasteiger partial charge is 0.102 e. The minimum Gasteiger partial charge on any atom is -0.245 e. The molecule has 2 heterocycles. The van der Waals surface area contributed by atoms with Gasteiger partial charge in [-0.2, -0.15) is 21.0 Å². The van der Waals surface area contributed by atoms with Crippen molar-refractivity contribution >= 4 is 0 Å². The third kappa shape index (κ3) is 7.13. The van der Waals surface area contributed by atoms with E-state index in [0.717, 1.165) is 22.3 Å². The number of pyridine rings is 2. The van der Waals surface area contributed by atoms with E-state index in [4.69, 9.17) is 9.97 Å². The molecule has 0 bridgehead atoms. The fourth-order valence-corrected chi connectivity index (χ4v) is 7.35. The first-order valence-corrected chi connectivity index (χ1v) is 19.1. The zero-order chi connectivity index (χ0) is 41.2. The van der Waals surface area contributed by atoms with Crippen molar-refractivity contribution in [2.24, 2.45) is 0 Å². The Morgan fingerprint density at radius 2 is 0.638 bits per heavy atom. The maximum Gasteiger partial charge on any atom is 0.102 e. The van der Waals surface area contributed by atoms with E-state index in [-0.39, 0.29) is 33.1 Å². The summed E-state index contributed by atoms with van der Waals surface area (Å²) in [6.45, 7) is 12.8. The van der Waals surface area contributed by atoms with Crippen molar-refractivity contribution in [3.8, 4) is 91.6 Å². The van der Waals surface area contributed by atoms with Crippen molar-refractivity contribution < 1.29 is 0 Å². The highest BCUT2D eigenvalue weighted by atomic mass is 14.8. The van der Waals surface area contributed by atoms with Crippen molar-refractivity contribution in [2.45, 2.75) is 52.4 Å². The van der Waals surface area contributed by atoms with Gasteiger partial charge in [0, 0.05) is 33.4 Å². The Balaban J connectivity index is 1.59. The minimum absolute atomic E-state index is 0.106. The standard InChI is InChI=1S/C52H40N6/c1-51(2,3)37-25-21-33(22-26-37)45-41(29-53)47(35-15-9-7-10-16-35)57-49(43(45)31-55)39-19-13-14-20-40(39)50-44(32-56)46(34-23-27-38(28-24-34)52(4,5)6)42(30-54)48(58-50)36-17-11-8-12-18-36/h7-28H,1-6H3. The molecule has 0 saturated heterocycles. The van der Waals surface area contributed by atoms with Crippen LogP contribution >= 0.6 is 0 Å². The molecule has 7 aromatic rings. The SMILES string of the molecule is CC(C)(C)c1ccc(-c2c(C#N)c(-c3ccccc3)nc(-c3ccccc3-c3nc(-c4ccccc4)c(C#N)c(-c4ccc(C(C)(C)C)cc4)c3C#N)c2C#N)cc1. The zero-order valence-electron chi connectivity index (χ0n) is 33.4. The molecule has 0 unspecified atom stereocenters. The highest BCUT2D eigenvalue weighted by molar-refractivity contribution is 5.96. The molecule has 0 N–H and O–H groups in total. The van der Waals surface area contributed by atoms with Crippen LogP contribution < -0.4 is 0 Å². The van der Waals surface area contributed by atoms with Gasteiger partial charge in [-0.3, -0.25) is 0 Å². The third-order valence-corrected chi connectivity index (χ3v) is 10.5. The van der Waals surface area contributed by atoms with Crippen molar-refractivity contribution in [2.75, 3.05) is 0 Å². The molecule has 5 aromatic carbocycles. The molecule has 6 nitrogen and oxygen atoms in total. The van der Waals surface area contributed by atoms with Gasteiger partial charge in [-0.25, -0.2) is 9.97 Å². The topological polar surface area (TPSA) is 121 Å². The molecule has 0 amide bonds. The normalized spacial score (nSPS) is 11.2. The molecule has 6 heteroatoms. The maximum absolute atomic E-state index is 11.1. The van der Waals surface area contributed by atoms with Crippen LogP contribution in [0, 0.1) is 45.3 Å². The molecule has 0 aliphatic carbocycles. The molecule has 0 spiro atoms. The van der Waals surface area contributed by atoms with E-state index in [9.17, 15) is 21.0 Å². The summed E-state index contributed by atoms with van der Waals surface area (Å²) in [6.07, 6.45) is 0. The van der Waals surface area contributed by atoms with Crippen LogP contribution in [0.5, 0.6) is 0 Å². The molecule has 0 aliphatic heterocycles. The minimum atomic E-state index is -0.106. The summed E-state index contributed by atoms with van der Waals surface area (Å²) >= 11 is 0. The van der Waals surface area contributed by atoms with E-state index in [1.165, 1.54) is 0 Å². The Morgan fingerprint density at radius 1 is 0.345 bits per heavy atom. The van der Waals surface area contributed by atoms with E-state index < -0.39 is 0 Å². The van der Waals surface area contributed by atoms with Crippen LogP contribution in [0.4, 0.5) is 0 Å². The average Bonchev–Trinajstić information content (AvgIpc) is 3.24. The predicted molar refractivity (Wildman–Crippen MR) is 231 cm³/mol. The van der Waals surface area contributed by atoms with Gasteiger partial charge in [0.25, 0.3) is 0 Å². The van der Waals surface area contributed by atoms with Crippen LogP contribution in [0.1, 0.15) is 74.9 Å². The monoisotopic (exact) mass is 748 g/mol. The lowest BCUT2D eigenvalue weighted by Crippen LogP contribution is -2.10. The van der Waals surface area contributed by atoms with Crippen LogP contribution in [0.2, 0.25) is 0 Å². The number of benzene rings is 5. The molecular formula is C52H40N6. The second-order valence-electron chi connectivity index (χ2n) is 16.2. The maximum atomic E-state index is 11.1. The largest absolute Gasteiger partial charge is 0.245 e. The Kier molecular flexibility index (Phi) is 10.3. The lowest BCUT2D eigenvalue weighted by Gasteiger charge is -2.21. The Bertz CT molecular complexity index is 2650. The number of nitriles is 4. The summed E-state index contributed by atoms with van der Waals surface area (Å²) in [7, 11) is 0. The molecule has 0 saturated carbocycles. The lowest BCUT2D eigenvalue weighted by atomic mass is 9.83. The van der Waals surface area contributed by atoms with Crippen LogP contribution in [-0.4, -0.2) is 9.97 Å². The van der Waals surface area contributed by atoms with Gasteiger partial charge < -0.3 is 0 Å². The molecule has 0 aliphatic rings. The number of rotatable bonds is 6. The van der Waals surface area contributed by atoms with E-state index in [0.29, 0.717) is 56.2 Å². The summed E-state index contributed by atoms with van der Waals surface area (Å²) in [6, 6.07) is 52.1. The Labute approximate surface area is 340 Å². The first-order chi connectivity index (χ1) is 27.9. The number of nitrogens with zero attached hydrogens (tertiary/aromatic N) is 6. The molecular weight excluding hydrogens is 709 g/mol. The second-order valence-corrected chi connectivity index (χ2v) is 16.2. The number of aromatic nitrogens is 2. The van der Waals surface area contributed by atoms with Crippen LogP contribution in [0.15, 0.2) is 133 Å². The van der Waals surface area contributed by atoms with Gasteiger partial charge >= 0.3 is 0 Å². The van der Waals surface area contributed by atoms with Gasteiger partial charge in [0.05, 0.1) is 45.0 Å². The molecule has 58 heavy (non-hydrogen) atoms. The fourth-order valence-electron chi connectivity index (χ4n) is 7.35. The summed E-state index contributed by atoms with van der Waals surface area (Å²) in [5.41, 5.74) is 9.50. The van der Waals surface area contributed by atoms with Gasteiger partial charge in [-0.1, -0.05) is 175 Å². The van der Waals surface area contributed by atoms with E-state index >= 15 is 0 Å². The highest BCUT2D eigenvalue weighted by Crippen LogP contribution is 2.45. The number of hydrogen-bond donors (Lipinski definition) is 0. The third-order valence-electron chi connectivity index (χ3n) is 10.5. The predicted octanol–water partition coefficient (Wildman–Crippen LogP) is 12.6. The lowest BCUT2D eigenvalue weighted by molar-refractivity contribution is 0.590. The van der Waals surface area contributed by atoms with Gasteiger partial charge in [0.1, 0.15) is 24.3 Å². The average molecular weight is 749 g/mol. The van der Waals surface area contributed by atoms with Gasteiger partial charge in [-0.15, -0.1) is 0 Å². The van der Waals surface area contributed by atoms with Crippen molar-refractivity contribution in [3.63, 3.8) is 0 Å². The van der Waals surface area contributed by atoms with Crippen LogP contribution in [-0.2, 0) is 10.8 Å². The first kappa shape index (κ1) is 38.6. The van der Waals surface area contributed by atoms with Crippen LogP contribution in [0.3, 0.4) is 0 Å². The molecule has 7 rings (SSSR count). The summed E-state index contributed by atoms with van der Waals surface area (Å²) in [4.78, 5) is 10.3. The van der Waals surface area contributed by atoms with Crippen molar-refractivity contribution in [3.05, 3.63) is 167 Å². The highest BCUT2D eigenvalue weighted by Gasteiger charge is 2.29. The Hall–Kier alpha value is -7.64. The van der Waals surface area contributed by atoms with Crippen LogP contribution in [0.25, 0.3) is 67.3 Å². The zero-order valence-corrected chi connectivity index (χ0v) is 33.4. The summed E-state index contributed by atoms with van der Waals surface area (Å²) in [5, 5.41) is 43.8. The van der Waals surface area contributed by atoms with Gasteiger partial charge in [-0.05, 0) is 33.1 Å². The molecule has 278 valence electrons. The fraction of sp³-hybridized carbons (Fsp3) is 0.154. The molecule has 0 atom stereocenters. The van der Waals surface area contributed by atoms with Crippen molar-refractivity contribution in [1.29, 1.82) is 21.0 Å². The van der Waals surface area contributed by atoms with Gasteiger partial charge in [0.2, 0.25) is 0 Å². The van der Waals surface area contributed by atoms with E-state index in [2.05, 4.69) is 65.8 Å². The second kappa shape index (κ2) is 15.5.